The summed E-state index contributed by atoms with van der Waals surface area (Å²) in [7, 11) is 2.12. The van der Waals surface area contributed by atoms with E-state index < -0.39 is 5.54 Å². The standard InChI is InChI=1S/C10H19N3/c1-10(12,8-11)6-7-13(2)9-4-3-5-9/h9H,3-7,12H2,1-2H3. The smallest absolute Gasteiger partial charge is 0.102 e. The molecule has 0 aromatic heterocycles. The molecule has 13 heavy (non-hydrogen) atoms. The van der Waals surface area contributed by atoms with Crippen molar-refractivity contribution in [2.75, 3.05) is 13.6 Å². The van der Waals surface area contributed by atoms with Crippen LogP contribution < -0.4 is 5.73 Å². The largest absolute Gasteiger partial charge is 0.314 e. The number of hydrogen-bond acceptors (Lipinski definition) is 3. The lowest BCUT2D eigenvalue weighted by molar-refractivity contribution is 0.152. The van der Waals surface area contributed by atoms with Crippen molar-refractivity contribution in [2.45, 2.75) is 44.2 Å². The first-order valence-corrected chi connectivity index (χ1v) is 4.95. The second-order valence-corrected chi connectivity index (χ2v) is 4.34. The lowest BCUT2D eigenvalue weighted by Gasteiger charge is -2.35. The summed E-state index contributed by atoms with van der Waals surface area (Å²) in [6.45, 7) is 2.73. The average molecular weight is 181 g/mol. The fourth-order valence-electron chi connectivity index (χ4n) is 1.47. The van der Waals surface area contributed by atoms with Crippen LogP contribution >= 0.6 is 0 Å². The first-order chi connectivity index (χ1) is 6.05. The second-order valence-electron chi connectivity index (χ2n) is 4.34. The molecule has 0 aromatic carbocycles. The van der Waals surface area contributed by atoms with Crippen molar-refractivity contribution in [1.82, 2.24) is 4.90 Å². The Morgan fingerprint density at radius 3 is 2.62 bits per heavy atom. The Balaban J connectivity index is 2.22. The summed E-state index contributed by atoms with van der Waals surface area (Å²) in [5, 5.41) is 8.72. The Morgan fingerprint density at radius 1 is 1.62 bits per heavy atom. The molecule has 3 nitrogen and oxygen atoms in total. The maximum Gasteiger partial charge on any atom is 0.102 e. The summed E-state index contributed by atoms with van der Waals surface area (Å²) in [5.41, 5.74) is 5.08. The van der Waals surface area contributed by atoms with Gasteiger partial charge < -0.3 is 10.6 Å². The summed E-state index contributed by atoms with van der Waals surface area (Å²) < 4.78 is 0. The molecule has 1 atom stereocenters. The normalized spacial score (nSPS) is 22.1. The zero-order chi connectivity index (χ0) is 9.90. The van der Waals surface area contributed by atoms with Crippen LogP contribution in [-0.4, -0.2) is 30.1 Å². The van der Waals surface area contributed by atoms with Crippen molar-refractivity contribution in [1.29, 1.82) is 5.26 Å². The molecule has 1 fully saturated rings. The van der Waals surface area contributed by atoms with Crippen LogP contribution in [0.1, 0.15) is 32.6 Å². The molecular weight excluding hydrogens is 162 g/mol. The lowest BCUT2D eigenvalue weighted by Crippen LogP contribution is -2.43. The molecule has 0 bridgehead atoms. The highest BCUT2D eigenvalue weighted by Crippen LogP contribution is 2.23. The molecule has 3 heteroatoms. The number of nitrogens with zero attached hydrogens (tertiary/aromatic N) is 2. The van der Waals surface area contributed by atoms with Gasteiger partial charge in [0.25, 0.3) is 0 Å². The van der Waals surface area contributed by atoms with Crippen LogP contribution in [0.4, 0.5) is 0 Å². The van der Waals surface area contributed by atoms with Crippen LogP contribution in [0.5, 0.6) is 0 Å². The average Bonchev–Trinajstić information content (AvgIpc) is 1.98. The summed E-state index contributed by atoms with van der Waals surface area (Å²) in [6, 6.07) is 2.87. The van der Waals surface area contributed by atoms with Gasteiger partial charge >= 0.3 is 0 Å². The van der Waals surface area contributed by atoms with E-state index in [9.17, 15) is 0 Å². The van der Waals surface area contributed by atoms with Gasteiger partial charge in [-0.3, -0.25) is 0 Å². The number of rotatable bonds is 4. The van der Waals surface area contributed by atoms with Crippen LogP contribution in [0.15, 0.2) is 0 Å². The van der Waals surface area contributed by atoms with E-state index >= 15 is 0 Å². The molecule has 0 spiro atoms. The van der Waals surface area contributed by atoms with Crippen molar-refractivity contribution in [3.8, 4) is 6.07 Å². The quantitative estimate of drug-likeness (QED) is 0.706. The van der Waals surface area contributed by atoms with Crippen LogP contribution in [0, 0.1) is 11.3 Å². The highest BCUT2D eigenvalue weighted by atomic mass is 15.1. The van der Waals surface area contributed by atoms with Gasteiger partial charge in [-0.2, -0.15) is 5.26 Å². The fraction of sp³-hybridized carbons (Fsp3) is 0.900. The van der Waals surface area contributed by atoms with E-state index in [-0.39, 0.29) is 0 Å². The second kappa shape index (κ2) is 4.08. The Bertz CT molecular complexity index is 201. The monoisotopic (exact) mass is 181 g/mol. The van der Waals surface area contributed by atoms with Gasteiger partial charge in [-0.15, -0.1) is 0 Å². The molecule has 0 aliphatic heterocycles. The fourth-order valence-corrected chi connectivity index (χ4v) is 1.47. The van der Waals surface area contributed by atoms with Gasteiger partial charge in [0.15, 0.2) is 0 Å². The topological polar surface area (TPSA) is 53.0 Å². The van der Waals surface area contributed by atoms with Crippen molar-refractivity contribution >= 4 is 0 Å². The molecule has 0 saturated heterocycles. The summed E-state index contributed by atoms with van der Waals surface area (Å²) in [5.74, 6) is 0. The molecule has 1 rings (SSSR count). The van der Waals surface area contributed by atoms with Crippen LogP contribution in [0.25, 0.3) is 0 Å². The Kier molecular flexibility index (Phi) is 3.29. The predicted octanol–water partition coefficient (Wildman–Crippen LogP) is 1.10. The van der Waals surface area contributed by atoms with Crippen LogP contribution in [-0.2, 0) is 0 Å². The summed E-state index contributed by atoms with van der Waals surface area (Å²) >= 11 is 0. The minimum absolute atomic E-state index is 0.655. The molecule has 0 heterocycles. The molecule has 1 saturated carbocycles. The zero-order valence-corrected chi connectivity index (χ0v) is 8.58. The zero-order valence-electron chi connectivity index (χ0n) is 8.58. The third-order valence-corrected chi connectivity index (χ3v) is 2.94. The van der Waals surface area contributed by atoms with Crippen molar-refractivity contribution in [3.63, 3.8) is 0 Å². The number of hydrogen-bond donors (Lipinski definition) is 1. The molecule has 2 N–H and O–H groups in total. The van der Waals surface area contributed by atoms with E-state index in [0.717, 1.165) is 19.0 Å². The van der Waals surface area contributed by atoms with E-state index in [1.165, 1.54) is 19.3 Å². The molecule has 74 valence electrons. The van der Waals surface area contributed by atoms with Crippen molar-refractivity contribution in [3.05, 3.63) is 0 Å². The van der Waals surface area contributed by atoms with E-state index in [1.807, 2.05) is 0 Å². The maximum atomic E-state index is 8.72. The summed E-state index contributed by atoms with van der Waals surface area (Å²) in [6.07, 6.45) is 4.73. The molecule has 0 radical (unpaired) electrons. The third kappa shape index (κ3) is 2.98. The molecule has 1 unspecified atom stereocenters. The molecule has 0 aromatic rings. The van der Waals surface area contributed by atoms with E-state index in [4.69, 9.17) is 11.0 Å². The Labute approximate surface area is 80.5 Å². The minimum atomic E-state index is -0.655. The van der Waals surface area contributed by atoms with Gasteiger partial charge in [-0.25, -0.2) is 0 Å². The highest BCUT2D eigenvalue weighted by molar-refractivity contribution is 5.01. The van der Waals surface area contributed by atoms with Gasteiger partial charge in [0, 0.05) is 12.6 Å². The van der Waals surface area contributed by atoms with E-state index in [1.54, 1.807) is 6.92 Å². The van der Waals surface area contributed by atoms with E-state index in [0.29, 0.717) is 0 Å². The predicted molar refractivity (Wildman–Crippen MR) is 53.1 cm³/mol. The van der Waals surface area contributed by atoms with Crippen LogP contribution in [0.3, 0.4) is 0 Å². The van der Waals surface area contributed by atoms with Gasteiger partial charge in [0.2, 0.25) is 0 Å². The molecule has 0 amide bonds. The summed E-state index contributed by atoms with van der Waals surface area (Å²) in [4.78, 5) is 2.33. The minimum Gasteiger partial charge on any atom is -0.314 e. The SMILES string of the molecule is CN(CCC(C)(N)C#N)C1CCC1. The molecule has 1 aliphatic rings. The highest BCUT2D eigenvalue weighted by Gasteiger charge is 2.24. The third-order valence-electron chi connectivity index (χ3n) is 2.94. The maximum absolute atomic E-state index is 8.72. The lowest BCUT2D eigenvalue weighted by atomic mass is 9.91. The molecular formula is C10H19N3. The number of nitriles is 1. The Morgan fingerprint density at radius 2 is 2.23 bits per heavy atom. The van der Waals surface area contributed by atoms with Crippen LogP contribution in [0.2, 0.25) is 0 Å². The van der Waals surface area contributed by atoms with Gasteiger partial charge in [0.1, 0.15) is 5.54 Å². The van der Waals surface area contributed by atoms with Crippen molar-refractivity contribution in [2.24, 2.45) is 5.73 Å². The Hall–Kier alpha value is -0.590. The van der Waals surface area contributed by atoms with Gasteiger partial charge in [-0.1, -0.05) is 6.42 Å². The first kappa shape index (κ1) is 10.5. The number of nitrogens with two attached hydrogens (primary N) is 1. The first-order valence-electron chi connectivity index (χ1n) is 4.95. The van der Waals surface area contributed by atoms with Crippen molar-refractivity contribution < 1.29 is 0 Å². The van der Waals surface area contributed by atoms with E-state index in [2.05, 4.69) is 18.0 Å². The van der Waals surface area contributed by atoms with Gasteiger partial charge in [0.05, 0.1) is 6.07 Å². The molecule has 1 aliphatic carbocycles. The van der Waals surface area contributed by atoms with Gasteiger partial charge in [-0.05, 0) is 33.2 Å².